The first-order valence-electron chi connectivity index (χ1n) is 7.22. The van der Waals surface area contributed by atoms with Crippen molar-refractivity contribution in [3.63, 3.8) is 0 Å². The highest BCUT2D eigenvalue weighted by Crippen LogP contribution is 2.29. The van der Waals surface area contributed by atoms with Crippen molar-refractivity contribution < 1.29 is 13.2 Å². The molecule has 0 aliphatic rings. The van der Waals surface area contributed by atoms with Crippen LogP contribution < -0.4 is 5.32 Å². The van der Waals surface area contributed by atoms with Crippen LogP contribution in [-0.2, 0) is 12.6 Å². The van der Waals surface area contributed by atoms with Crippen molar-refractivity contribution in [3.8, 4) is 0 Å². The molecular formula is C16H24F3N. The van der Waals surface area contributed by atoms with Crippen LogP contribution >= 0.6 is 0 Å². The summed E-state index contributed by atoms with van der Waals surface area (Å²) in [7, 11) is 0. The normalized spacial score (nSPS) is 13.8. The first-order chi connectivity index (χ1) is 9.32. The third-order valence-corrected chi connectivity index (χ3v) is 3.28. The molecule has 1 atom stereocenters. The molecule has 1 nitrogen and oxygen atoms in total. The Kier molecular flexibility index (Phi) is 6.53. The minimum absolute atomic E-state index is 0.370. The lowest BCUT2D eigenvalue weighted by atomic mass is 9.96. The van der Waals surface area contributed by atoms with Gasteiger partial charge in [0.15, 0.2) is 0 Å². The minimum Gasteiger partial charge on any atom is -0.314 e. The van der Waals surface area contributed by atoms with E-state index in [0.717, 1.165) is 31.0 Å². The maximum Gasteiger partial charge on any atom is 0.416 e. The number of aryl methyl sites for hydroxylation is 1. The first kappa shape index (κ1) is 17.0. The molecule has 0 fully saturated rings. The lowest BCUT2D eigenvalue weighted by Crippen LogP contribution is -2.30. The molecule has 0 heterocycles. The summed E-state index contributed by atoms with van der Waals surface area (Å²) in [6, 6.07) is 6.02. The van der Waals surface area contributed by atoms with Gasteiger partial charge in [-0.25, -0.2) is 0 Å². The summed E-state index contributed by atoms with van der Waals surface area (Å²) in [6.07, 6.45) is -1.66. The van der Waals surface area contributed by atoms with Crippen molar-refractivity contribution in [1.82, 2.24) is 5.32 Å². The summed E-state index contributed by atoms with van der Waals surface area (Å²) >= 11 is 0. The molecule has 1 N–H and O–H groups in total. The number of benzene rings is 1. The van der Waals surface area contributed by atoms with Crippen LogP contribution in [0.3, 0.4) is 0 Å². The Morgan fingerprint density at radius 2 is 1.90 bits per heavy atom. The van der Waals surface area contributed by atoms with Crippen molar-refractivity contribution in [3.05, 3.63) is 35.4 Å². The molecule has 0 saturated heterocycles. The van der Waals surface area contributed by atoms with Crippen LogP contribution in [0.15, 0.2) is 24.3 Å². The molecule has 114 valence electrons. The van der Waals surface area contributed by atoms with Gasteiger partial charge >= 0.3 is 6.18 Å². The Hall–Kier alpha value is -1.03. The third kappa shape index (κ3) is 5.95. The van der Waals surface area contributed by atoms with E-state index in [1.807, 2.05) is 0 Å². The molecule has 20 heavy (non-hydrogen) atoms. The summed E-state index contributed by atoms with van der Waals surface area (Å²) in [5.41, 5.74) is 0.199. The molecule has 0 spiro atoms. The van der Waals surface area contributed by atoms with Crippen molar-refractivity contribution in [2.45, 2.75) is 52.3 Å². The van der Waals surface area contributed by atoms with E-state index in [9.17, 15) is 13.2 Å². The molecular weight excluding hydrogens is 263 g/mol. The van der Waals surface area contributed by atoms with E-state index in [1.54, 1.807) is 6.07 Å². The second-order valence-electron chi connectivity index (χ2n) is 5.62. The predicted octanol–water partition coefficient (Wildman–Crippen LogP) is 4.66. The van der Waals surface area contributed by atoms with Crippen LogP contribution in [0.4, 0.5) is 13.2 Å². The first-order valence-corrected chi connectivity index (χ1v) is 7.22. The monoisotopic (exact) mass is 287 g/mol. The van der Waals surface area contributed by atoms with Gasteiger partial charge in [-0.15, -0.1) is 0 Å². The second kappa shape index (κ2) is 7.67. The lowest BCUT2D eigenvalue weighted by Gasteiger charge is -2.20. The maximum absolute atomic E-state index is 12.6. The number of nitrogens with one attached hydrogen (secondary N) is 1. The van der Waals surface area contributed by atoms with E-state index in [4.69, 9.17) is 0 Å². The fourth-order valence-electron chi connectivity index (χ4n) is 2.41. The highest BCUT2D eigenvalue weighted by molar-refractivity contribution is 5.25. The zero-order chi connectivity index (χ0) is 15.2. The van der Waals surface area contributed by atoms with Gasteiger partial charge in [0.1, 0.15) is 0 Å². The van der Waals surface area contributed by atoms with Crippen LogP contribution in [0, 0.1) is 5.92 Å². The van der Waals surface area contributed by atoms with Crippen LogP contribution in [-0.4, -0.2) is 12.6 Å². The van der Waals surface area contributed by atoms with E-state index in [1.165, 1.54) is 12.1 Å². The van der Waals surface area contributed by atoms with Gasteiger partial charge in [0.25, 0.3) is 0 Å². The Morgan fingerprint density at radius 3 is 2.45 bits per heavy atom. The van der Waals surface area contributed by atoms with Gasteiger partial charge in [0.05, 0.1) is 5.56 Å². The SMILES string of the molecule is CCNC(CCc1cccc(C(F)(F)F)c1)CC(C)C. The molecule has 0 bridgehead atoms. The molecule has 1 aromatic rings. The van der Waals surface area contributed by atoms with Gasteiger partial charge < -0.3 is 5.32 Å². The summed E-state index contributed by atoms with van der Waals surface area (Å²) in [5.74, 6) is 0.584. The summed E-state index contributed by atoms with van der Waals surface area (Å²) in [6.45, 7) is 7.26. The molecule has 0 amide bonds. The number of hydrogen-bond donors (Lipinski definition) is 1. The molecule has 0 radical (unpaired) electrons. The zero-order valence-electron chi connectivity index (χ0n) is 12.4. The largest absolute Gasteiger partial charge is 0.416 e. The quantitative estimate of drug-likeness (QED) is 0.769. The molecule has 0 aliphatic carbocycles. The minimum atomic E-state index is -4.25. The Bertz CT molecular complexity index is 399. The summed E-state index contributed by atoms with van der Waals surface area (Å²) < 4.78 is 37.9. The summed E-state index contributed by atoms with van der Waals surface area (Å²) in [5, 5.41) is 3.41. The molecule has 0 aromatic heterocycles. The van der Waals surface area contributed by atoms with Crippen LogP contribution in [0.2, 0.25) is 0 Å². The average Bonchev–Trinajstić information content (AvgIpc) is 2.35. The molecule has 0 aliphatic heterocycles. The van der Waals surface area contributed by atoms with Crippen molar-refractivity contribution in [2.24, 2.45) is 5.92 Å². The van der Waals surface area contributed by atoms with E-state index in [0.29, 0.717) is 18.4 Å². The molecule has 1 aromatic carbocycles. The maximum atomic E-state index is 12.6. The van der Waals surface area contributed by atoms with Crippen molar-refractivity contribution in [2.75, 3.05) is 6.54 Å². The molecule has 0 saturated carbocycles. The number of rotatable bonds is 7. The second-order valence-corrected chi connectivity index (χ2v) is 5.62. The fraction of sp³-hybridized carbons (Fsp3) is 0.625. The molecule has 1 rings (SSSR count). The highest BCUT2D eigenvalue weighted by Gasteiger charge is 2.30. The zero-order valence-corrected chi connectivity index (χ0v) is 12.4. The number of halogens is 3. The standard InChI is InChI=1S/C16H24F3N/c1-4-20-15(10-12(2)3)9-8-13-6-5-7-14(11-13)16(17,18)19/h5-7,11-12,15,20H,4,8-10H2,1-3H3. The van der Waals surface area contributed by atoms with E-state index >= 15 is 0 Å². The van der Waals surface area contributed by atoms with Crippen LogP contribution in [0.5, 0.6) is 0 Å². The van der Waals surface area contributed by atoms with Gasteiger partial charge in [0, 0.05) is 6.04 Å². The topological polar surface area (TPSA) is 12.0 Å². The Morgan fingerprint density at radius 1 is 1.20 bits per heavy atom. The van der Waals surface area contributed by atoms with E-state index in [-0.39, 0.29) is 0 Å². The van der Waals surface area contributed by atoms with Gasteiger partial charge in [0.2, 0.25) is 0 Å². The van der Waals surface area contributed by atoms with E-state index in [2.05, 4.69) is 26.1 Å². The van der Waals surface area contributed by atoms with Crippen LogP contribution in [0.1, 0.15) is 44.7 Å². The predicted molar refractivity (Wildman–Crippen MR) is 76.7 cm³/mol. The number of hydrogen-bond acceptors (Lipinski definition) is 1. The fourth-order valence-corrected chi connectivity index (χ4v) is 2.41. The van der Waals surface area contributed by atoms with Crippen LogP contribution in [0.25, 0.3) is 0 Å². The van der Waals surface area contributed by atoms with E-state index < -0.39 is 11.7 Å². The number of alkyl halides is 3. The third-order valence-electron chi connectivity index (χ3n) is 3.28. The highest BCUT2D eigenvalue weighted by atomic mass is 19.4. The summed E-state index contributed by atoms with van der Waals surface area (Å²) in [4.78, 5) is 0. The van der Waals surface area contributed by atoms with Crippen molar-refractivity contribution >= 4 is 0 Å². The molecule has 4 heteroatoms. The Balaban J connectivity index is 2.63. The van der Waals surface area contributed by atoms with Gasteiger partial charge in [-0.3, -0.25) is 0 Å². The lowest BCUT2D eigenvalue weighted by molar-refractivity contribution is -0.137. The van der Waals surface area contributed by atoms with Gasteiger partial charge in [-0.05, 0) is 43.4 Å². The van der Waals surface area contributed by atoms with Crippen molar-refractivity contribution in [1.29, 1.82) is 0 Å². The van der Waals surface area contributed by atoms with Gasteiger partial charge in [-0.2, -0.15) is 13.2 Å². The van der Waals surface area contributed by atoms with Gasteiger partial charge in [-0.1, -0.05) is 39.0 Å². The smallest absolute Gasteiger partial charge is 0.314 e. The average molecular weight is 287 g/mol. The Labute approximate surface area is 119 Å². The molecule has 1 unspecified atom stereocenters.